The van der Waals surface area contributed by atoms with Gasteiger partial charge in [-0.2, -0.15) is 17.5 Å². The lowest BCUT2D eigenvalue weighted by atomic mass is 10.1. The summed E-state index contributed by atoms with van der Waals surface area (Å²) in [5.41, 5.74) is 1.44. The quantitative estimate of drug-likeness (QED) is 0.341. The maximum absolute atomic E-state index is 12.6. The van der Waals surface area contributed by atoms with Crippen molar-refractivity contribution < 1.29 is 35.8 Å². The van der Waals surface area contributed by atoms with Crippen molar-refractivity contribution in [2.24, 2.45) is 0 Å². The lowest BCUT2D eigenvalue weighted by Gasteiger charge is -2.35. The number of benzene rings is 2. The molecule has 0 amide bonds. The van der Waals surface area contributed by atoms with Gasteiger partial charge in [0.25, 0.3) is 0 Å². The molecule has 0 saturated carbocycles. The van der Waals surface area contributed by atoms with E-state index in [9.17, 15) is 21.6 Å². The van der Waals surface area contributed by atoms with E-state index in [4.69, 9.17) is 37.4 Å². The van der Waals surface area contributed by atoms with Crippen LogP contribution in [-0.2, 0) is 31.8 Å². The molecule has 41 heavy (non-hydrogen) atoms. The highest BCUT2D eigenvalue weighted by Gasteiger charge is 2.45. The standard InChI is InChI=1S/C26H27Cl2F3N4O5S/c27-19-1-6-23(24(28)13-19)25(16-33-8-7-32-18-33)39-15-22(40-25)14-38-21-4-2-20(3-5-21)34-9-11-35(12-10-34)41(36,37)17-26(29,30)31/h1-8,13,18,22H,9-12,14-17H2/t22-,25-/m1/s1. The fraction of sp³-hybridized carbons (Fsp3) is 0.423. The number of anilines is 1. The van der Waals surface area contributed by atoms with Crippen molar-refractivity contribution in [1.29, 1.82) is 0 Å². The molecule has 9 nitrogen and oxygen atoms in total. The summed E-state index contributed by atoms with van der Waals surface area (Å²) in [6.45, 7) is 1.28. The largest absolute Gasteiger partial charge is 0.491 e. The Kier molecular flexibility index (Phi) is 8.74. The predicted molar refractivity (Wildman–Crippen MR) is 147 cm³/mol. The number of alkyl halides is 3. The molecule has 0 unspecified atom stereocenters. The lowest BCUT2D eigenvalue weighted by Crippen LogP contribution is -2.50. The minimum absolute atomic E-state index is 0.0197. The highest BCUT2D eigenvalue weighted by atomic mass is 35.5. The van der Waals surface area contributed by atoms with E-state index in [0.717, 1.165) is 9.99 Å². The van der Waals surface area contributed by atoms with Crippen LogP contribution in [0.1, 0.15) is 5.56 Å². The average Bonchev–Trinajstić information content (AvgIpc) is 3.57. The second kappa shape index (κ2) is 12.0. The van der Waals surface area contributed by atoms with E-state index in [1.807, 2.05) is 21.6 Å². The van der Waals surface area contributed by atoms with Crippen molar-refractivity contribution in [1.82, 2.24) is 13.9 Å². The van der Waals surface area contributed by atoms with Crippen molar-refractivity contribution in [3.8, 4) is 5.75 Å². The summed E-state index contributed by atoms with van der Waals surface area (Å²) in [4.78, 5) is 6.00. The minimum atomic E-state index is -4.77. The van der Waals surface area contributed by atoms with Crippen LogP contribution in [0.4, 0.5) is 18.9 Å². The van der Waals surface area contributed by atoms with Crippen molar-refractivity contribution in [2.45, 2.75) is 24.6 Å². The fourth-order valence-electron chi connectivity index (χ4n) is 4.84. The van der Waals surface area contributed by atoms with Gasteiger partial charge >= 0.3 is 6.18 Å². The maximum atomic E-state index is 12.6. The monoisotopic (exact) mass is 634 g/mol. The Morgan fingerprint density at radius 1 is 1.07 bits per heavy atom. The predicted octanol–water partition coefficient (Wildman–Crippen LogP) is 4.55. The first kappa shape index (κ1) is 29.9. The molecule has 0 N–H and O–H groups in total. The second-order valence-electron chi connectivity index (χ2n) is 9.73. The number of hydrogen-bond donors (Lipinski definition) is 0. The van der Waals surface area contributed by atoms with E-state index in [1.54, 1.807) is 49.1 Å². The Bertz CT molecular complexity index is 1440. The number of imidazole rings is 1. The third-order valence-electron chi connectivity index (χ3n) is 6.77. The first-order valence-electron chi connectivity index (χ1n) is 12.7. The molecule has 2 saturated heterocycles. The SMILES string of the molecule is O=S(=O)(CC(F)(F)F)N1CCN(c2ccc(OC[C@@H]3CO[C@@](Cn4ccnc4)(c4ccc(Cl)cc4Cl)O3)cc2)CC1. The van der Waals surface area contributed by atoms with E-state index in [2.05, 4.69) is 4.98 Å². The molecular formula is C26H27Cl2F3N4O5S. The van der Waals surface area contributed by atoms with Crippen LogP contribution in [-0.4, -0.2) is 79.7 Å². The molecule has 1 aromatic heterocycles. The first-order valence-corrected chi connectivity index (χ1v) is 15.0. The van der Waals surface area contributed by atoms with Crippen LogP contribution in [0.3, 0.4) is 0 Å². The zero-order valence-electron chi connectivity index (χ0n) is 21.6. The number of aromatic nitrogens is 2. The zero-order valence-corrected chi connectivity index (χ0v) is 24.0. The van der Waals surface area contributed by atoms with E-state index < -0.39 is 33.8 Å². The van der Waals surface area contributed by atoms with Crippen LogP contribution in [0.5, 0.6) is 5.75 Å². The zero-order chi connectivity index (χ0) is 29.3. The van der Waals surface area contributed by atoms with Gasteiger partial charge in [0.1, 0.15) is 18.5 Å². The van der Waals surface area contributed by atoms with Gasteiger partial charge in [0.05, 0.1) is 24.5 Å². The number of rotatable bonds is 9. The summed E-state index contributed by atoms with van der Waals surface area (Å²) in [7, 11) is -4.39. The van der Waals surface area contributed by atoms with Gasteiger partial charge in [0.2, 0.25) is 15.8 Å². The second-order valence-corrected chi connectivity index (χ2v) is 12.5. The van der Waals surface area contributed by atoms with Crippen LogP contribution < -0.4 is 9.64 Å². The third-order valence-corrected chi connectivity index (χ3v) is 9.16. The molecule has 222 valence electrons. The van der Waals surface area contributed by atoms with E-state index in [1.165, 1.54) is 0 Å². The molecule has 2 aliphatic rings. The van der Waals surface area contributed by atoms with Crippen LogP contribution in [0, 0.1) is 0 Å². The normalized spacial score (nSPS) is 22.3. The minimum Gasteiger partial charge on any atom is -0.491 e. The topological polar surface area (TPSA) is 86.1 Å². The Balaban J connectivity index is 1.17. The summed E-state index contributed by atoms with van der Waals surface area (Å²) in [5, 5.41) is 0.903. The molecule has 0 spiro atoms. The van der Waals surface area contributed by atoms with Gasteiger partial charge < -0.3 is 23.7 Å². The molecule has 0 radical (unpaired) electrons. The van der Waals surface area contributed by atoms with Gasteiger partial charge in [0, 0.05) is 54.8 Å². The molecular weight excluding hydrogens is 608 g/mol. The number of ether oxygens (including phenoxy) is 3. The first-order chi connectivity index (χ1) is 19.4. The van der Waals surface area contributed by atoms with Gasteiger partial charge in [-0.25, -0.2) is 13.4 Å². The Morgan fingerprint density at radius 2 is 1.80 bits per heavy atom. The molecule has 0 aliphatic carbocycles. The van der Waals surface area contributed by atoms with Gasteiger partial charge in [-0.15, -0.1) is 0 Å². The summed E-state index contributed by atoms with van der Waals surface area (Å²) in [6, 6.07) is 12.3. The Hall–Kier alpha value is -2.55. The van der Waals surface area contributed by atoms with Crippen LogP contribution in [0.2, 0.25) is 10.0 Å². The van der Waals surface area contributed by atoms with Crippen LogP contribution in [0.15, 0.2) is 61.2 Å². The third kappa shape index (κ3) is 7.27. The van der Waals surface area contributed by atoms with Crippen LogP contribution in [0.25, 0.3) is 0 Å². The molecule has 5 rings (SSSR count). The van der Waals surface area contributed by atoms with Crippen molar-refractivity contribution in [3.05, 3.63) is 76.8 Å². The molecule has 2 atom stereocenters. The number of nitrogens with zero attached hydrogens (tertiary/aromatic N) is 4. The number of piperazine rings is 1. The molecule has 2 aromatic carbocycles. The molecule has 3 aromatic rings. The summed E-state index contributed by atoms with van der Waals surface area (Å²) < 4.78 is 83.2. The lowest BCUT2D eigenvalue weighted by molar-refractivity contribution is -0.189. The van der Waals surface area contributed by atoms with Gasteiger partial charge in [-0.1, -0.05) is 29.3 Å². The highest BCUT2D eigenvalue weighted by Crippen LogP contribution is 2.40. The Morgan fingerprint density at radius 3 is 2.44 bits per heavy atom. The fourth-order valence-corrected chi connectivity index (χ4v) is 6.71. The molecule has 2 aliphatic heterocycles. The summed E-state index contributed by atoms with van der Waals surface area (Å²) in [5.74, 6) is -2.43. The van der Waals surface area contributed by atoms with E-state index in [0.29, 0.717) is 27.9 Å². The van der Waals surface area contributed by atoms with Gasteiger partial charge in [0.15, 0.2) is 5.75 Å². The van der Waals surface area contributed by atoms with Crippen molar-refractivity contribution in [3.63, 3.8) is 0 Å². The molecule has 0 bridgehead atoms. The Labute approximate surface area is 245 Å². The van der Waals surface area contributed by atoms with E-state index >= 15 is 0 Å². The van der Waals surface area contributed by atoms with Crippen molar-refractivity contribution in [2.75, 3.05) is 50.0 Å². The number of hydrogen-bond acceptors (Lipinski definition) is 7. The van der Waals surface area contributed by atoms with Gasteiger partial charge in [-0.3, -0.25) is 0 Å². The van der Waals surface area contributed by atoms with E-state index in [-0.39, 0.29) is 39.4 Å². The maximum Gasteiger partial charge on any atom is 0.404 e. The average molecular weight is 635 g/mol. The summed E-state index contributed by atoms with van der Waals surface area (Å²) >= 11 is 12.6. The van der Waals surface area contributed by atoms with Gasteiger partial charge in [-0.05, 0) is 36.4 Å². The van der Waals surface area contributed by atoms with Crippen LogP contribution >= 0.6 is 23.2 Å². The summed E-state index contributed by atoms with van der Waals surface area (Å²) in [6.07, 6.45) is -0.0646. The number of halogens is 5. The molecule has 2 fully saturated rings. The number of sulfonamides is 1. The molecule has 15 heteroatoms. The molecule has 3 heterocycles. The van der Waals surface area contributed by atoms with Crippen molar-refractivity contribution >= 4 is 38.9 Å². The highest BCUT2D eigenvalue weighted by molar-refractivity contribution is 7.89. The smallest absolute Gasteiger partial charge is 0.404 e.